The molecule has 0 aliphatic heterocycles. The van der Waals surface area contributed by atoms with E-state index < -0.39 is 0 Å². The number of aromatic nitrogens is 1. The summed E-state index contributed by atoms with van der Waals surface area (Å²) in [6.07, 6.45) is 2.79. The average Bonchev–Trinajstić information content (AvgIpc) is 3.13. The Morgan fingerprint density at radius 3 is 2.71 bits per heavy atom. The van der Waals surface area contributed by atoms with Gasteiger partial charge in [-0.3, -0.25) is 0 Å². The van der Waals surface area contributed by atoms with E-state index in [1.54, 1.807) is 0 Å². The molecule has 0 unspecified atom stereocenters. The summed E-state index contributed by atoms with van der Waals surface area (Å²) in [6.45, 7) is 0. The van der Waals surface area contributed by atoms with Crippen molar-refractivity contribution in [2.45, 2.75) is 18.9 Å². The molecule has 1 aromatic carbocycles. The van der Waals surface area contributed by atoms with Gasteiger partial charge in [-0.25, -0.2) is 4.98 Å². The number of ether oxygens (including phenoxy) is 1. The Morgan fingerprint density at radius 1 is 1.12 bits per heavy atom. The molecule has 0 saturated heterocycles. The SMILES string of the molecule is Brc1cccc(-c2cccc(OC3CC3)c2)n1. The van der Waals surface area contributed by atoms with Gasteiger partial charge in [-0.2, -0.15) is 0 Å². The third kappa shape index (κ3) is 2.67. The highest BCUT2D eigenvalue weighted by atomic mass is 79.9. The Bertz CT molecular complexity index is 537. The third-order valence-corrected chi connectivity index (χ3v) is 3.11. The molecule has 17 heavy (non-hydrogen) atoms. The zero-order chi connectivity index (χ0) is 11.7. The molecule has 1 heterocycles. The Labute approximate surface area is 109 Å². The molecule has 0 amide bonds. The van der Waals surface area contributed by atoms with E-state index in [0.29, 0.717) is 6.10 Å². The lowest BCUT2D eigenvalue weighted by Gasteiger charge is -2.06. The Morgan fingerprint density at radius 2 is 1.94 bits per heavy atom. The van der Waals surface area contributed by atoms with Gasteiger partial charge in [0.1, 0.15) is 10.4 Å². The molecule has 1 aliphatic rings. The van der Waals surface area contributed by atoms with Gasteiger partial charge in [0.15, 0.2) is 0 Å². The summed E-state index contributed by atoms with van der Waals surface area (Å²) in [5.74, 6) is 0.937. The lowest BCUT2D eigenvalue weighted by atomic mass is 10.1. The largest absolute Gasteiger partial charge is 0.490 e. The molecule has 86 valence electrons. The smallest absolute Gasteiger partial charge is 0.120 e. The Hall–Kier alpha value is -1.35. The fraction of sp³-hybridized carbons (Fsp3) is 0.214. The van der Waals surface area contributed by atoms with Gasteiger partial charge in [-0.05, 0) is 53.0 Å². The first-order chi connectivity index (χ1) is 8.31. The lowest BCUT2D eigenvalue weighted by Crippen LogP contribution is -1.95. The maximum absolute atomic E-state index is 5.78. The highest BCUT2D eigenvalue weighted by Gasteiger charge is 2.23. The average molecular weight is 290 g/mol. The molecule has 1 fully saturated rings. The minimum absolute atomic E-state index is 0.431. The summed E-state index contributed by atoms with van der Waals surface area (Å²) in [4.78, 5) is 4.44. The van der Waals surface area contributed by atoms with Crippen LogP contribution in [0.25, 0.3) is 11.3 Å². The fourth-order valence-electron chi connectivity index (χ4n) is 1.68. The molecule has 1 aliphatic carbocycles. The van der Waals surface area contributed by atoms with Crippen molar-refractivity contribution in [1.82, 2.24) is 4.98 Å². The number of halogens is 1. The molecule has 0 N–H and O–H groups in total. The van der Waals surface area contributed by atoms with E-state index in [9.17, 15) is 0 Å². The van der Waals surface area contributed by atoms with Crippen LogP contribution >= 0.6 is 15.9 Å². The summed E-state index contributed by atoms with van der Waals surface area (Å²) in [5.41, 5.74) is 2.05. The standard InChI is InChI=1S/C14H12BrNO/c15-14-6-2-5-13(16-14)10-3-1-4-12(9-10)17-11-7-8-11/h1-6,9,11H,7-8H2. The summed E-state index contributed by atoms with van der Waals surface area (Å²) in [5, 5.41) is 0. The van der Waals surface area contributed by atoms with Gasteiger partial charge in [0, 0.05) is 5.56 Å². The molecule has 1 saturated carbocycles. The second kappa shape index (κ2) is 4.49. The van der Waals surface area contributed by atoms with Crippen LogP contribution in [0.3, 0.4) is 0 Å². The third-order valence-electron chi connectivity index (χ3n) is 2.67. The van der Waals surface area contributed by atoms with Crippen LogP contribution in [0, 0.1) is 0 Å². The molecule has 3 heteroatoms. The van der Waals surface area contributed by atoms with Crippen molar-refractivity contribution in [2.75, 3.05) is 0 Å². The minimum Gasteiger partial charge on any atom is -0.490 e. The van der Waals surface area contributed by atoms with E-state index in [2.05, 4.69) is 27.0 Å². The number of benzene rings is 1. The van der Waals surface area contributed by atoms with Gasteiger partial charge < -0.3 is 4.74 Å². The van der Waals surface area contributed by atoms with E-state index in [1.165, 1.54) is 12.8 Å². The first-order valence-electron chi connectivity index (χ1n) is 5.71. The van der Waals surface area contributed by atoms with Crippen molar-refractivity contribution < 1.29 is 4.74 Å². The molecule has 0 radical (unpaired) electrons. The van der Waals surface area contributed by atoms with Gasteiger partial charge in [-0.1, -0.05) is 18.2 Å². The maximum atomic E-state index is 5.78. The van der Waals surface area contributed by atoms with Crippen molar-refractivity contribution in [3.05, 3.63) is 47.1 Å². The van der Waals surface area contributed by atoms with Crippen LogP contribution in [0.2, 0.25) is 0 Å². The van der Waals surface area contributed by atoms with E-state index in [0.717, 1.165) is 21.6 Å². The van der Waals surface area contributed by atoms with Crippen molar-refractivity contribution >= 4 is 15.9 Å². The summed E-state index contributed by atoms with van der Waals surface area (Å²) in [7, 11) is 0. The van der Waals surface area contributed by atoms with Gasteiger partial charge in [0.05, 0.1) is 11.8 Å². The molecule has 2 nitrogen and oxygen atoms in total. The van der Waals surface area contributed by atoms with Crippen LogP contribution in [-0.2, 0) is 0 Å². The monoisotopic (exact) mass is 289 g/mol. The summed E-state index contributed by atoms with van der Waals surface area (Å²) >= 11 is 3.39. The molecular weight excluding hydrogens is 278 g/mol. The first-order valence-corrected chi connectivity index (χ1v) is 6.50. The lowest BCUT2D eigenvalue weighted by molar-refractivity contribution is 0.303. The van der Waals surface area contributed by atoms with E-state index in [1.807, 2.05) is 36.4 Å². The predicted molar refractivity (Wildman–Crippen MR) is 71.0 cm³/mol. The highest BCUT2D eigenvalue weighted by molar-refractivity contribution is 9.10. The number of rotatable bonds is 3. The zero-order valence-corrected chi connectivity index (χ0v) is 10.9. The summed E-state index contributed by atoms with van der Waals surface area (Å²) < 4.78 is 6.63. The minimum atomic E-state index is 0.431. The Kier molecular flexibility index (Phi) is 2.85. The molecule has 1 aromatic heterocycles. The van der Waals surface area contributed by atoms with Crippen LogP contribution in [-0.4, -0.2) is 11.1 Å². The predicted octanol–water partition coefficient (Wildman–Crippen LogP) is 4.05. The number of hydrogen-bond acceptors (Lipinski definition) is 2. The quantitative estimate of drug-likeness (QED) is 0.795. The second-order valence-electron chi connectivity index (χ2n) is 4.19. The molecule has 2 aromatic rings. The molecule has 0 spiro atoms. The van der Waals surface area contributed by atoms with E-state index in [4.69, 9.17) is 4.74 Å². The van der Waals surface area contributed by atoms with E-state index >= 15 is 0 Å². The van der Waals surface area contributed by atoms with Crippen molar-refractivity contribution in [3.8, 4) is 17.0 Å². The highest BCUT2D eigenvalue weighted by Crippen LogP contribution is 2.29. The van der Waals surface area contributed by atoms with Crippen LogP contribution in [0.1, 0.15) is 12.8 Å². The van der Waals surface area contributed by atoms with Gasteiger partial charge >= 0.3 is 0 Å². The Balaban J connectivity index is 1.91. The molecule has 3 rings (SSSR count). The van der Waals surface area contributed by atoms with Crippen LogP contribution < -0.4 is 4.74 Å². The summed E-state index contributed by atoms with van der Waals surface area (Å²) in [6, 6.07) is 14.0. The zero-order valence-electron chi connectivity index (χ0n) is 9.27. The normalized spacial score (nSPS) is 14.6. The fourth-order valence-corrected chi connectivity index (χ4v) is 2.02. The number of nitrogens with zero attached hydrogens (tertiary/aromatic N) is 1. The van der Waals surface area contributed by atoms with Crippen LogP contribution in [0.15, 0.2) is 47.1 Å². The van der Waals surface area contributed by atoms with Crippen molar-refractivity contribution in [1.29, 1.82) is 0 Å². The van der Waals surface area contributed by atoms with E-state index in [-0.39, 0.29) is 0 Å². The van der Waals surface area contributed by atoms with Crippen molar-refractivity contribution in [3.63, 3.8) is 0 Å². The van der Waals surface area contributed by atoms with Gasteiger partial charge in [0.25, 0.3) is 0 Å². The van der Waals surface area contributed by atoms with Crippen LogP contribution in [0.5, 0.6) is 5.75 Å². The second-order valence-corrected chi connectivity index (χ2v) is 5.00. The number of hydrogen-bond donors (Lipinski definition) is 0. The topological polar surface area (TPSA) is 22.1 Å². The molecule has 0 bridgehead atoms. The molecule has 0 atom stereocenters. The van der Waals surface area contributed by atoms with Crippen molar-refractivity contribution in [2.24, 2.45) is 0 Å². The molecular formula is C14H12BrNO. The number of pyridine rings is 1. The van der Waals surface area contributed by atoms with Gasteiger partial charge in [0.2, 0.25) is 0 Å². The van der Waals surface area contributed by atoms with Gasteiger partial charge in [-0.15, -0.1) is 0 Å². The first kappa shape index (κ1) is 10.8. The van der Waals surface area contributed by atoms with Crippen LogP contribution in [0.4, 0.5) is 0 Å². The maximum Gasteiger partial charge on any atom is 0.120 e.